The normalized spacial score (nSPS) is 23.2. The third-order valence-corrected chi connectivity index (χ3v) is 5.85. The zero-order chi connectivity index (χ0) is 18.3. The van der Waals surface area contributed by atoms with Crippen molar-refractivity contribution in [1.82, 2.24) is 0 Å². The van der Waals surface area contributed by atoms with Crippen molar-refractivity contribution in [3.8, 4) is 0 Å². The molecule has 0 spiro atoms. The number of carbonyl (C=O) groups excluding carboxylic acids is 2. The Morgan fingerprint density at radius 3 is 2.68 bits per heavy atom. The van der Waals surface area contributed by atoms with Crippen LogP contribution in [0.1, 0.15) is 41.9 Å². The van der Waals surface area contributed by atoms with E-state index in [1.165, 1.54) is 24.5 Å². The van der Waals surface area contributed by atoms with Crippen LogP contribution in [0.4, 0.5) is 5.69 Å². The fraction of sp³-hybridized carbons (Fsp3) is 0.471. The second-order valence-corrected chi connectivity index (χ2v) is 7.50. The highest BCUT2D eigenvalue weighted by atomic mass is 32.1. The third kappa shape index (κ3) is 2.90. The Morgan fingerprint density at radius 1 is 1.36 bits per heavy atom. The summed E-state index contributed by atoms with van der Waals surface area (Å²) in [6, 6.07) is 1.48. The number of aryl methyl sites for hydroxylation is 1. The van der Waals surface area contributed by atoms with Crippen LogP contribution >= 0.6 is 11.3 Å². The van der Waals surface area contributed by atoms with Crippen LogP contribution in [0.5, 0.6) is 0 Å². The molecule has 25 heavy (non-hydrogen) atoms. The number of hydrogen-bond donors (Lipinski definition) is 0. The lowest BCUT2D eigenvalue weighted by Crippen LogP contribution is -2.38. The molecule has 132 valence electrons. The highest BCUT2D eigenvalue weighted by Gasteiger charge is 2.44. The first-order chi connectivity index (χ1) is 11.8. The molecule has 1 aromatic rings. The van der Waals surface area contributed by atoms with Crippen molar-refractivity contribution in [2.75, 3.05) is 7.11 Å². The van der Waals surface area contributed by atoms with E-state index in [4.69, 9.17) is 4.74 Å². The van der Waals surface area contributed by atoms with Crippen LogP contribution in [-0.2, 0) is 14.3 Å². The molecule has 1 unspecified atom stereocenters. The maximum atomic E-state index is 12.6. The Labute approximate surface area is 148 Å². The number of esters is 1. The van der Waals surface area contributed by atoms with Gasteiger partial charge in [0.1, 0.15) is 5.78 Å². The minimum absolute atomic E-state index is 0.00851. The summed E-state index contributed by atoms with van der Waals surface area (Å²) in [6.07, 6.45) is 1.87. The summed E-state index contributed by atoms with van der Waals surface area (Å²) in [5.41, 5.74) is 1.61. The summed E-state index contributed by atoms with van der Waals surface area (Å²) in [6.45, 7) is 3.39. The van der Waals surface area contributed by atoms with Gasteiger partial charge in [-0.25, -0.2) is 4.79 Å². The maximum absolute atomic E-state index is 12.6. The van der Waals surface area contributed by atoms with Crippen molar-refractivity contribution in [2.24, 2.45) is 10.9 Å². The van der Waals surface area contributed by atoms with Crippen molar-refractivity contribution < 1.29 is 19.2 Å². The third-order valence-electron chi connectivity index (χ3n) is 4.73. The van der Waals surface area contributed by atoms with Crippen molar-refractivity contribution in [1.29, 1.82) is 0 Å². The number of thiophene rings is 1. The van der Waals surface area contributed by atoms with Gasteiger partial charge in [0.05, 0.1) is 28.4 Å². The van der Waals surface area contributed by atoms with E-state index < -0.39 is 22.7 Å². The van der Waals surface area contributed by atoms with E-state index in [9.17, 15) is 19.7 Å². The second kappa shape index (κ2) is 6.51. The topological polar surface area (TPSA) is 98.9 Å². The molecule has 2 atom stereocenters. The van der Waals surface area contributed by atoms with Gasteiger partial charge in [-0.15, -0.1) is 11.3 Å². The molecule has 1 saturated carbocycles. The molecule has 8 heteroatoms. The fourth-order valence-corrected chi connectivity index (χ4v) is 4.78. The van der Waals surface area contributed by atoms with Gasteiger partial charge in [-0.1, -0.05) is 0 Å². The summed E-state index contributed by atoms with van der Waals surface area (Å²) >= 11 is 1.25. The van der Waals surface area contributed by atoms with E-state index >= 15 is 0 Å². The van der Waals surface area contributed by atoms with E-state index in [1.54, 1.807) is 13.8 Å². The predicted molar refractivity (Wildman–Crippen MR) is 93.0 cm³/mol. The minimum Gasteiger partial charge on any atom is -0.466 e. The van der Waals surface area contributed by atoms with Gasteiger partial charge in [-0.3, -0.25) is 19.9 Å². The lowest BCUT2D eigenvalue weighted by atomic mass is 9.71. The Morgan fingerprint density at radius 2 is 2.08 bits per heavy atom. The largest absolute Gasteiger partial charge is 0.466 e. The molecule has 1 aliphatic heterocycles. The minimum atomic E-state index is -0.565. The van der Waals surface area contributed by atoms with Crippen molar-refractivity contribution in [3.05, 3.63) is 37.2 Å². The average Bonchev–Trinajstić information content (AvgIpc) is 2.95. The number of carbonyl (C=O) groups is 2. The maximum Gasteiger partial charge on any atom is 0.336 e. The fourth-order valence-electron chi connectivity index (χ4n) is 3.63. The number of methoxy groups -OCH3 is 1. The molecule has 0 bridgehead atoms. The van der Waals surface area contributed by atoms with E-state index in [0.717, 1.165) is 12.1 Å². The van der Waals surface area contributed by atoms with E-state index in [-0.39, 0.29) is 11.5 Å². The number of nitro groups is 1. The number of hydrogen-bond acceptors (Lipinski definition) is 7. The molecule has 7 nitrogen and oxygen atoms in total. The molecule has 1 aromatic heterocycles. The Hall–Kier alpha value is -2.35. The molecular weight excluding hydrogens is 344 g/mol. The number of allylic oxidation sites excluding steroid dienone is 1. The SMILES string of the molecule is COC(=O)C1=C(C)N=C2CCCC(=O)C2[C@H]1c1cc([N+](=O)[O-])c(C)s1. The molecule has 0 aromatic carbocycles. The number of fused-ring (bicyclic) bond motifs is 1. The van der Waals surface area contributed by atoms with E-state index in [0.29, 0.717) is 33.9 Å². The van der Waals surface area contributed by atoms with Gasteiger partial charge in [0.15, 0.2) is 0 Å². The zero-order valence-electron chi connectivity index (χ0n) is 14.2. The average molecular weight is 362 g/mol. The Bertz CT molecular complexity index is 836. The van der Waals surface area contributed by atoms with Gasteiger partial charge >= 0.3 is 5.97 Å². The predicted octanol–water partition coefficient (Wildman–Crippen LogP) is 3.32. The van der Waals surface area contributed by atoms with Gasteiger partial charge in [0, 0.05) is 34.7 Å². The molecule has 0 N–H and O–H groups in total. The Balaban J connectivity index is 2.19. The number of Topliss-reactive ketones (excluding diaryl/α,β-unsaturated/α-hetero) is 1. The molecule has 2 heterocycles. The number of aliphatic imine (C=N–C) groups is 1. The molecule has 0 saturated heterocycles. The van der Waals surface area contributed by atoms with Crippen molar-refractivity contribution in [3.63, 3.8) is 0 Å². The second-order valence-electron chi connectivity index (χ2n) is 6.22. The van der Waals surface area contributed by atoms with Crippen LogP contribution in [0.25, 0.3) is 0 Å². The highest BCUT2D eigenvalue weighted by Crippen LogP contribution is 2.46. The summed E-state index contributed by atoms with van der Waals surface area (Å²) in [5.74, 6) is -1.62. The molecule has 1 aliphatic carbocycles. The van der Waals surface area contributed by atoms with Crippen molar-refractivity contribution >= 4 is 34.5 Å². The lowest BCUT2D eigenvalue weighted by Gasteiger charge is -2.34. The molecule has 2 aliphatic rings. The van der Waals surface area contributed by atoms with Gasteiger partial charge in [0.25, 0.3) is 5.69 Å². The molecule has 0 amide bonds. The van der Waals surface area contributed by atoms with Crippen LogP contribution in [0.2, 0.25) is 0 Å². The molecular formula is C17H18N2O5S. The molecule has 0 radical (unpaired) electrons. The molecule has 3 rings (SSSR count). The molecule has 1 fully saturated rings. The highest BCUT2D eigenvalue weighted by molar-refractivity contribution is 7.12. The summed E-state index contributed by atoms with van der Waals surface area (Å²) in [4.78, 5) is 41.4. The van der Waals surface area contributed by atoms with E-state index in [2.05, 4.69) is 4.99 Å². The van der Waals surface area contributed by atoms with Gasteiger partial charge in [0.2, 0.25) is 0 Å². The van der Waals surface area contributed by atoms with Crippen LogP contribution in [-0.4, -0.2) is 29.5 Å². The lowest BCUT2D eigenvalue weighted by molar-refractivity contribution is -0.385. The summed E-state index contributed by atoms with van der Waals surface area (Å²) < 4.78 is 4.90. The standard InChI is InChI=1S/C17H18N2O5S/c1-8-14(17(21)24-3)16(13-7-11(19(22)23)9(2)25-13)15-10(18-8)5-4-6-12(15)20/h7,15-16H,4-6H2,1-3H3/t15?,16-/m0/s1. The Kier molecular flexibility index (Phi) is 4.55. The van der Waals surface area contributed by atoms with Gasteiger partial charge in [-0.2, -0.15) is 0 Å². The first-order valence-electron chi connectivity index (χ1n) is 7.99. The van der Waals surface area contributed by atoms with Gasteiger partial charge in [-0.05, 0) is 26.7 Å². The van der Waals surface area contributed by atoms with Crippen LogP contribution in [0.15, 0.2) is 22.3 Å². The van der Waals surface area contributed by atoms with Crippen molar-refractivity contribution in [2.45, 2.75) is 39.0 Å². The summed E-state index contributed by atoms with van der Waals surface area (Å²) in [5, 5.41) is 11.2. The van der Waals surface area contributed by atoms with Gasteiger partial charge < -0.3 is 4.74 Å². The smallest absolute Gasteiger partial charge is 0.336 e. The zero-order valence-corrected chi connectivity index (χ0v) is 15.0. The van der Waals surface area contributed by atoms with Crippen LogP contribution in [0.3, 0.4) is 0 Å². The first kappa shape index (κ1) is 17.5. The van der Waals surface area contributed by atoms with E-state index in [1.807, 2.05) is 0 Å². The summed E-state index contributed by atoms with van der Waals surface area (Å²) in [7, 11) is 1.28. The number of nitrogens with zero attached hydrogens (tertiary/aromatic N) is 2. The van der Waals surface area contributed by atoms with Crippen LogP contribution in [0, 0.1) is 23.0 Å². The number of ether oxygens (including phenoxy) is 1. The quantitative estimate of drug-likeness (QED) is 0.466. The number of ketones is 1. The first-order valence-corrected chi connectivity index (χ1v) is 8.80. The van der Waals surface area contributed by atoms with Crippen LogP contribution < -0.4 is 0 Å². The number of rotatable bonds is 3. The monoisotopic (exact) mass is 362 g/mol.